The number of pyridine rings is 1. The van der Waals surface area contributed by atoms with Crippen LogP contribution >= 0.6 is 0 Å². The number of ether oxygens (including phenoxy) is 1. The first-order valence-electron chi connectivity index (χ1n) is 5.89. The number of anilines is 1. The zero-order valence-corrected chi connectivity index (χ0v) is 10.7. The molecule has 21 heavy (non-hydrogen) atoms. The maximum Gasteiger partial charge on any atom is 0.357 e. The molecule has 0 atom stereocenters. The van der Waals surface area contributed by atoms with Crippen LogP contribution in [0.1, 0.15) is 10.5 Å². The summed E-state index contributed by atoms with van der Waals surface area (Å²) in [7, 11) is 0. The fraction of sp³-hybridized carbons (Fsp3) is 0.0714. The second kappa shape index (κ2) is 6.56. The fourth-order valence-corrected chi connectivity index (χ4v) is 1.51. The normalized spacial score (nSPS) is 10.0. The third-order valence-corrected chi connectivity index (χ3v) is 2.35. The second-order valence-corrected chi connectivity index (χ2v) is 4.00. The molecule has 7 heteroatoms. The zero-order valence-electron chi connectivity index (χ0n) is 10.7. The summed E-state index contributed by atoms with van der Waals surface area (Å²) in [5, 5.41) is 2.21. The number of esters is 1. The van der Waals surface area contributed by atoms with Crippen LogP contribution in [0.25, 0.3) is 0 Å². The Labute approximate surface area is 118 Å². The summed E-state index contributed by atoms with van der Waals surface area (Å²) in [5.41, 5.74) is -0.00603. The predicted molar refractivity (Wildman–Crippen MR) is 69.5 cm³/mol. The molecule has 0 fully saturated rings. The van der Waals surface area contributed by atoms with Gasteiger partial charge in [-0.2, -0.15) is 0 Å². The maximum absolute atomic E-state index is 12.9. The van der Waals surface area contributed by atoms with Crippen molar-refractivity contribution >= 4 is 17.6 Å². The number of halogens is 2. The number of nitrogens with one attached hydrogen (secondary N) is 1. The van der Waals surface area contributed by atoms with E-state index in [0.717, 1.165) is 12.1 Å². The van der Waals surface area contributed by atoms with Crippen molar-refractivity contribution in [3.8, 4) is 0 Å². The van der Waals surface area contributed by atoms with Gasteiger partial charge < -0.3 is 10.1 Å². The second-order valence-electron chi connectivity index (χ2n) is 4.00. The lowest BCUT2D eigenvalue weighted by Crippen LogP contribution is -2.21. The van der Waals surface area contributed by atoms with Crippen molar-refractivity contribution in [1.29, 1.82) is 0 Å². The van der Waals surface area contributed by atoms with Crippen molar-refractivity contribution in [1.82, 2.24) is 4.98 Å². The summed E-state index contributed by atoms with van der Waals surface area (Å²) in [6, 6.07) is 7.23. The van der Waals surface area contributed by atoms with E-state index in [9.17, 15) is 18.4 Å². The minimum absolute atomic E-state index is 0.0575. The highest BCUT2D eigenvalue weighted by atomic mass is 19.1. The number of hydrogen-bond acceptors (Lipinski definition) is 4. The Hall–Kier alpha value is -2.83. The van der Waals surface area contributed by atoms with Crippen LogP contribution in [0.5, 0.6) is 0 Å². The molecular formula is C14H10F2N2O3. The Morgan fingerprint density at radius 3 is 2.48 bits per heavy atom. The van der Waals surface area contributed by atoms with Crippen molar-refractivity contribution in [2.75, 3.05) is 11.9 Å². The molecule has 1 amide bonds. The molecule has 0 aliphatic rings. The third kappa shape index (κ3) is 4.34. The van der Waals surface area contributed by atoms with Crippen molar-refractivity contribution in [3.05, 3.63) is 59.9 Å². The number of carbonyl (C=O) groups excluding carboxylic acids is 2. The summed E-state index contributed by atoms with van der Waals surface area (Å²) in [6.45, 7) is -0.590. The first-order chi connectivity index (χ1) is 10.0. The predicted octanol–water partition coefficient (Wildman–Crippen LogP) is 2.16. The summed E-state index contributed by atoms with van der Waals surface area (Å²) in [4.78, 5) is 26.8. The highest BCUT2D eigenvalue weighted by Gasteiger charge is 2.11. The fourth-order valence-electron chi connectivity index (χ4n) is 1.51. The zero-order chi connectivity index (χ0) is 15.2. The number of rotatable bonds is 4. The molecule has 1 N–H and O–H groups in total. The molecule has 2 aromatic rings. The van der Waals surface area contributed by atoms with Crippen LogP contribution < -0.4 is 5.32 Å². The van der Waals surface area contributed by atoms with E-state index in [1.54, 1.807) is 12.1 Å². The highest BCUT2D eigenvalue weighted by molar-refractivity contribution is 5.94. The SMILES string of the molecule is O=C(COC(=O)c1ccccn1)Nc1cc(F)cc(F)c1. The highest BCUT2D eigenvalue weighted by Crippen LogP contribution is 2.12. The maximum atomic E-state index is 12.9. The molecule has 1 aromatic heterocycles. The molecule has 0 unspecified atom stereocenters. The van der Waals surface area contributed by atoms with Gasteiger partial charge in [-0.1, -0.05) is 6.07 Å². The lowest BCUT2D eigenvalue weighted by Gasteiger charge is -2.06. The van der Waals surface area contributed by atoms with Gasteiger partial charge in [-0.15, -0.1) is 0 Å². The molecule has 0 saturated carbocycles. The molecule has 0 bridgehead atoms. The van der Waals surface area contributed by atoms with Gasteiger partial charge in [0.1, 0.15) is 17.3 Å². The topological polar surface area (TPSA) is 68.3 Å². The summed E-state index contributed by atoms with van der Waals surface area (Å²) in [6.07, 6.45) is 1.41. The van der Waals surface area contributed by atoms with E-state index in [1.807, 2.05) is 0 Å². The van der Waals surface area contributed by atoms with Crippen molar-refractivity contribution in [2.24, 2.45) is 0 Å². The van der Waals surface area contributed by atoms with E-state index in [0.29, 0.717) is 6.07 Å². The molecule has 1 aromatic carbocycles. The Kier molecular flexibility index (Phi) is 4.55. The van der Waals surface area contributed by atoms with Gasteiger partial charge in [0.15, 0.2) is 6.61 Å². The van der Waals surface area contributed by atoms with Gasteiger partial charge in [0.05, 0.1) is 0 Å². The molecule has 0 aliphatic heterocycles. The van der Waals surface area contributed by atoms with Gasteiger partial charge in [-0.3, -0.25) is 4.79 Å². The Balaban J connectivity index is 1.89. The number of aromatic nitrogens is 1. The summed E-state index contributed by atoms with van der Waals surface area (Å²) in [5.74, 6) is -3.13. The Bertz CT molecular complexity index is 642. The van der Waals surface area contributed by atoms with Crippen LogP contribution in [0.15, 0.2) is 42.6 Å². The van der Waals surface area contributed by atoms with E-state index in [4.69, 9.17) is 4.74 Å². The minimum Gasteiger partial charge on any atom is -0.451 e. The van der Waals surface area contributed by atoms with Gasteiger partial charge >= 0.3 is 5.97 Å². The number of amides is 1. The van der Waals surface area contributed by atoms with Gasteiger partial charge in [-0.05, 0) is 24.3 Å². The average molecular weight is 292 g/mol. The third-order valence-electron chi connectivity index (χ3n) is 2.35. The summed E-state index contributed by atoms with van der Waals surface area (Å²) < 4.78 is 30.6. The Morgan fingerprint density at radius 1 is 1.14 bits per heavy atom. The average Bonchev–Trinajstić information content (AvgIpc) is 2.44. The van der Waals surface area contributed by atoms with Crippen LogP contribution in [-0.2, 0) is 9.53 Å². The molecule has 5 nitrogen and oxygen atoms in total. The van der Waals surface area contributed by atoms with Crippen LogP contribution in [-0.4, -0.2) is 23.5 Å². The van der Waals surface area contributed by atoms with Crippen molar-refractivity contribution in [2.45, 2.75) is 0 Å². The van der Waals surface area contributed by atoms with Gasteiger partial charge in [0.2, 0.25) is 0 Å². The summed E-state index contributed by atoms with van der Waals surface area (Å²) >= 11 is 0. The molecular weight excluding hydrogens is 282 g/mol. The standard InChI is InChI=1S/C14H10F2N2O3/c15-9-5-10(16)7-11(6-9)18-13(19)8-21-14(20)12-3-1-2-4-17-12/h1-7H,8H2,(H,18,19). The van der Waals surface area contributed by atoms with E-state index in [2.05, 4.69) is 10.3 Å². The van der Waals surface area contributed by atoms with E-state index >= 15 is 0 Å². The van der Waals surface area contributed by atoms with Crippen LogP contribution in [0, 0.1) is 11.6 Å². The van der Waals surface area contributed by atoms with Gasteiger partial charge in [0, 0.05) is 18.0 Å². The monoisotopic (exact) mass is 292 g/mol. The van der Waals surface area contributed by atoms with E-state index in [1.165, 1.54) is 12.3 Å². The van der Waals surface area contributed by atoms with E-state index < -0.39 is 30.1 Å². The van der Waals surface area contributed by atoms with Crippen LogP contribution in [0.4, 0.5) is 14.5 Å². The van der Waals surface area contributed by atoms with Crippen molar-refractivity contribution < 1.29 is 23.1 Å². The molecule has 0 spiro atoms. The number of nitrogens with zero attached hydrogens (tertiary/aromatic N) is 1. The number of benzene rings is 1. The quantitative estimate of drug-likeness (QED) is 0.877. The molecule has 108 valence electrons. The molecule has 0 radical (unpaired) electrons. The Morgan fingerprint density at radius 2 is 1.86 bits per heavy atom. The van der Waals surface area contributed by atoms with Gasteiger partial charge in [-0.25, -0.2) is 18.6 Å². The molecule has 2 rings (SSSR count). The molecule has 1 heterocycles. The number of carbonyl (C=O) groups is 2. The minimum atomic E-state index is -0.823. The van der Waals surface area contributed by atoms with Gasteiger partial charge in [0.25, 0.3) is 5.91 Å². The van der Waals surface area contributed by atoms with E-state index in [-0.39, 0.29) is 11.4 Å². The number of hydrogen-bond donors (Lipinski definition) is 1. The molecule has 0 saturated heterocycles. The van der Waals surface area contributed by atoms with Crippen LogP contribution in [0.3, 0.4) is 0 Å². The smallest absolute Gasteiger partial charge is 0.357 e. The largest absolute Gasteiger partial charge is 0.451 e. The lowest BCUT2D eigenvalue weighted by molar-refractivity contribution is -0.119. The molecule has 0 aliphatic carbocycles. The first kappa shape index (κ1) is 14.6. The first-order valence-corrected chi connectivity index (χ1v) is 5.89. The van der Waals surface area contributed by atoms with Crippen molar-refractivity contribution in [3.63, 3.8) is 0 Å². The lowest BCUT2D eigenvalue weighted by atomic mass is 10.3. The van der Waals surface area contributed by atoms with Crippen LogP contribution in [0.2, 0.25) is 0 Å².